The number of amides is 1. The van der Waals surface area contributed by atoms with E-state index in [1.54, 1.807) is 20.3 Å². The van der Waals surface area contributed by atoms with Crippen LogP contribution < -0.4 is 19.8 Å². The quantitative estimate of drug-likeness (QED) is 0.280. The van der Waals surface area contributed by atoms with E-state index >= 15 is 0 Å². The lowest BCUT2D eigenvalue weighted by Crippen LogP contribution is -2.42. The highest BCUT2D eigenvalue weighted by molar-refractivity contribution is 9.10. The van der Waals surface area contributed by atoms with Crippen molar-refractivity contribution in [2.45, 2.75) is 19.4 Å². The van der Waals surface area contributed by atoms with Gasteiger partial charge in [-0.15, -0.1) is 0 Å². The molecule has 2 heterocycles. The van der Waals surface area contributed by atoms with Gasteiger partial charge >= 0.3 is 5.63 Å². The molecule has 0 radical (unpaired) electrons. The summed E-state index contributed by atoms with van der Waals surface area (Å²) in [6.45, 7) is 2.58. The highest BCUT2D eigenvalue weighted by Gasteiger charge is 2.34. The van der Waals surface area contributed by atoms with Crippen LogP contribution in [0.5, 0.6) is 17.2 Å². The number of rotatable bonds is 6. The molecule has 8 heteroatoms. The zero-order valence-corrected chi connectivity index (χ0v) is 22.3. The number of benzene rings is 3. The van der Waals surface area contributed by atoms with Gasteiger partial charge in [-0.2, -0.15) is 0 Å². The van der Waals surface area contributed by atoms with Crippen molar-refractivity contribution < 1.29 is 23.4 Å². The molecule has 0 saturated heterocycles. The highest BCUT2D eigenvalue weighted by Crippen LogP contribution is 2.39. The lowest BCUT2D eigenvalue weighted by atomic mass is 9.91. The predicted octanol–water partition coefficient (Wildman–Crippen LogP) is 5.70. The summed E-state index contributed by atoms with van der Waals surface area (Å²) in [5, 5.41) is 0.845. The molecule has 7 nitrogen and oxygen atoms in total. The van der Waals surface area contributed by atoms with Gasteiger partial charge in [0.25, 0.3) is 5.91 Å². The molecule has 1 aliphatic heterocycles. The number of aryl methyl sites for hydroxylation is 1. The number of carbonyl (C=O) groups is 1. The monoisotopic (exact) mass is 563 g/mol. The van der Waals surface area contributed by atoms with Gasteiger partial charge in [0.1, 0.15) is 17.9 Å². The van der Waals surface area contributed by atoms with E-state index in [-0.39, 0.29) is 18.6 Å². The van der Waals surface area contributed by atoms with E-state index in [2.05, 4.69) is 15.9 Å². The smallest absolute Gasteiger partial charge is 0.336 e. The van der Waals surface area contributed by atoms with Crippen LogP contribution in [0.2, 0.25) is 0 Å². The summed E-state index contributed by atoms with van der Waals surface area (Å²) in [6, 6.07) is 17.8. The van der Waals surface area contributed by atoms with Crippen molar-refractivity contribution in [1.82, 2.24) is 4.90 Å². The van der Waals surface area contributed by atoms with Gasteiger partial charge in [0, 0.05) is 28.5 Å². The molecule has 190 valence electrons. The molecule has 5 rings (SSSR count). The van der Waals surface area contributed by atoms with E-state index in [1.165, 1.54) is 6.07 Å². The second-order valence-electron chi connectivity index (χ2n) is 8.87. The fourth-order valence-corrected chi connectivity index (χ4v) is 5.26. The highest BCUT2D eigenvalue weighted by atomic mass is 79.9. The molecule has 1 atom stereocenters. The topological polar surface area (TPSA) is 78.2 Å². The minimum Gasteiger partial charge on any atom is -0.493 e. The maximum absolute atomic E-state index is 13.7. The first kappa shape index (κ1) is 24.9. The Kier molecular flexibility index (Phi) is 6.93. The predicted molar refractivity (Wildman–Crippen MR) is 144 cm³/mol. The molecule has 4 aromatic rings. The number of hydrogen-bond acceptors (Lipinski definition) is 6. The summed E-state index contributed by atoms with van der Waals surface area (Å²) >= 11 is 3.52. The standard InChI is InChI=1S/C29H26BrNO6/c1-17-12-28(32)37-25-14-19(8-9-20(17)25)36-16-24-22-15-27(35-3)26(34-2)13-18(22)10-11-31(24)29(33)21-6-4-5-7-23(21)30/h4-9,12-15,24H,10-11,16H2,1-3H3. The van der Waals surface area contributed by atoms with Crippen molar-refractivity contribution >= 4 is 32.8 Å². The number of nitrogens with zero attached hydrogens (tertiary/aromatic N) is 1. The maximum atomic E-state index is 13.7. The van der Waals surface area contributed by atoms with Gasteiger partial charge in [-0.3, -0.25) is 4.79 Å². The Bertz CT molecular complexity index is 1550. The Morgan fingerprint density at radius 3 is 2.57 bits per heavy atom. The Morgan fingerprint density at radius 1 is 1.05 bits per heavy atom. The molecule has 1 aliphatic rings. The molecule has 1 aromatic heterocycles. The lowest BCUT2D eigenvalue weighted by molar-refractivity contribution is 0.0588. The molecule has 1 amide bonds. The van der Waals surface area contributed by atoms with Gasteiger partial charge in [0.15, 0.2) is 11.5 Å². The van der Waals surface area contributed by atoms with E-state index in [0.717, 1.165) is 26.5 Å². The van der Waals surface area contributed by atoms with Crippen molar-refractivity contribution in [3.8, 4) is 17.2 Å². The van der Waals surface area contributed by atoms with Crippen LogP contribution in [0.25, 0.3) is 11.0 Å². The van der Waals surface area contributed by atoms with Crippen LogP contribution >= 0.6 is 15.9 Å². The first-order valence-electron chi connectivity index (χ1n) is 11.9. The van der Waals surface area contributed by atoms with Crippen LogP contribution in [0, 0.1) is 6.92 Å². The van der Waals surface area contributed by atoms with Gasteiger partial charge in [0.2, 0.25) is 0 Å². The molecule has 0 spiro atoms. The average Bonchev–Trinajstić information content (AvgIpc) is 2.90. The minimum absolute atomic E-state index is 0.0957. The van der Waals surface area contributed by atoms with Crippen molar-refractivity contribution in [1.29, 1.82) is 0 Å². The molecule has 0 saturated carbocycles. The first-order chi connectivity index (χ1) is 17.9. The Morgan fingerprint density at radius 2 is 1.81 bits per heavy atom. The molecular weight excluding hydrogens is 538 g/mol. The summed E-state index contributed by atoms with van der Waals surface area (Å²) < 4.78 is 23.4. The largest absolute Gasteiger partial charge is 0.493 e. The van der Waals surface area contributed by atoms with E-state index < -0.39 is 5.63 Å². The normalized spacial score (nSPS) is 14.8. The molecule has 1 unspecified atom stereocenters. The van der Waals surface area contributed by atoms with Crippen molar-refractivity contribution in [3.63, 3.8) is 0 Å². The average molecular weight is 564 g/mol. The number of hydrogen-bond donors (Lipinski definition) is 0. The zero-order chi connectivity index (χ0) is 26.1. The Labute approximate surface area is 222 Å². The molecule has 0 fully saturated rings. The molecular formula is C29H26BrNO6. The van der Waals surface area contributed by atoms with Gasteiger partial charge < -0.3 is 23.5 Å². The summed E-state index contributed by atoms with van der Waals surface area (Å²) in [5.41, 5.74) is 3.48. The van der Waals surface area contributed by atoms with Gasteiger partial charge in [-0.25, -0.2) is 4.79 Å². The Hall–Kier alpha value is -3.78. The van der Waals surface area contributed by atoms with Crippen molar-refractivity contribution in [3.05, 3.63) is 97.8 Å². The zero-order valence-electron chi connectivity index (χ0n) is 20.7. The van der Waals surface area contributed by atoms with Gasteiger partial charge in [-0.1, -0.05) is 12.1 Å². The van der Waals surface area contributed by atoms with Gasteiger partial charge in [-0.05, 0) is 82.4 Å². The molecule has 0 N–H and O–H groups in total. The van der Waals surface area contributed by atoms with Crippen molar-refractivity contribution in [2.24, 2.45) is 0 Å². The number of methoxy groups -OCH3 is 2. The Balaban J connectivity index is 1.53. The number of ether oxygens (including phenoxy) is 3. The fourth-order valence-electron chi connectivity index (χ4n) is 4.81. The molecule has 0 bridgehead atoms. The van der Waals surface area contributed by atoms with Gasteiger partial charge in [0.05, 0.1) is 25.8 Å². The number of fused-ring (bicyclic) bond motifs is 2. The summed E-state index contributed by atoms with van der Waals surface area (Å²) in [6.07, 6.45) is 0.669. The summed E-state index contributed by atoms with van der Waals surface area (Å²) in [7, 11) is 3.20. The van der Waals surface area contributed by atoms with Crippen LogP contribution in [0.4, 0.5) is 0 Å². The van der Waals surface area contributed by atoms with E-state index in [9.17, 15) is 9.59 Å². The number of halogens is 1. The van der Waals surface area contributed by atoms with Crippen LogP contribution in [0.3, 0.4) is 0 Å². The third-order valence-electron chi connectivity index (χ3n) is 6.70. The van der Waals surface area contributed by atoms with Crippen LogP contribution in [-0.4, -0.2) is 38.2 Å². The lowest BCUT2D eigenvalue weighted by Gasteiger charge is -2.38. The summed E-state index contributed by atoms with van der Waals surface area (Å²) in [5.74, 6) is 1.68. The van der Waals surface area contributed by atoms with Crippen molar-refractivity contribution in [2.75, 3.05) is 27.4 Å². The molecule has 0 aliphatic carbocycles. The minimum atomic E-state index is -0.408. The third kappa shape index (κ3) is 4.81. The second kappa shape index (κ2) is 10.3. The molecule has 3 aromatic carbocycles. The van der Waals surface area contributed by atoms with E-state index in [4.69, 9.17) is 18.6 Å². The van der Waals surface area contributed by atoms with Crippen LogP contribution in [0.1, 0.15) is 33.1 Å². The number of carbonyl (C=O) groups excluding carboxylic acids is 1. The SMILES string of the molecule is COc1cc2c(cc1OC)C(COc1ccc3c(C)cc(=O)oc3c1)N(C(=O)c1ccccc1Br)CC2. The fraction of sp³-hybridized carbons (Fsp3) is 0.241. The molecule has 37 heavy (non-hydrogen) atoms. The van der Waals surface area contributed by atoms with Crippen LogP contribution in [-0.2, 0) is 6.42 Å². The van der Waals surface area contributed by atoms with E-state index in [0.29, 0.717) is 41.4 Å². The maximum Gasteiger partial charge on any atom is 0.336 e. The third-order valence-corrected chi connectivity index (χ3v) is 7.39. The first-order valence-corrected chi connectivity index (χ1v) is 12.7. The van der Waals surface area contributed by atoms with Crippen LogP contribution in [0.15, 0.2) is 74.3 Å². The second-order valence-corrected chi connectivity index (χ2v) is 9.72. The van der Waals surface area contributed by atoms with E-state index in [1.807, 2.05) is 60.4 Å². The summed E-state index contributed by atoms with van der Waals surface area (Å²) in [4.78, 5) is 27.4.